The molecule has 18 heavy (non-hydrogen) atoms. The van der Waals surface area contributed by atoms with E-state index in [1.165, 1.54) is 19.0 Å². The lowest BCUT2D eigenvalue weighted by molar-refractivity contribution is 0.313. The van der Waals surface area contributed by atoms with Crippen LogP contribution >= 0.6 is 0 Å². The second-order valence-electron chi connectivity index (χ2n) is 4.89. The molecule has 0 aromatic carbocycles. The number of hydrogen-bond donors (Lipinski definition) is 2. The summed E-state index contributed by atoms with van der Waals surface area (Å²) in [5.41, 5.74) is 0.566. The first-order valence-corrected chi connectivity index (χ1v) is 7.72. The van der Waals surface area contributed by atoms with Crippen LogP contribution in [0.4, 0.5) is 0 Å². The standard InChI is InChI=1S/C11H20N4O2S/c1-9(8-15-5-3-4-6-15)14-18(16,17)11-7-12-13-10(11)2/h7,9,14H,3-6,8H2,1-2H3,(H,12,13). The fourth-order valence-electron chi connectivity index (χ4n) is 2.33. The third-order valence-electron chi connectivity index (χ3n) is 3.16. The van der Waals surface area contributed by atoms with Crippen molar-refractivity contribution in [3.8, 4) is 0 Å². The Morgan fingerprint density at radius 1 is 1.50 bits per heavy atom. The summed E-state index contributed by atoms with van der Waals surface area (Å²) in [5.74, 6) is 0. The molecule has 1 atom stereocenters. The third kappa shape index (κ3) is 3.09. The molecule has 0 bridgehead atoms. The summed E-state index contributed by atoms with van der Waals surface area (Å²) in [6, 6.07) is -0.0950. The molecule has 1 unspecified atom stereocenters. The van der Waals surface area contributed by atoms with Crippen molar-refractivity contribution in [3.63, 3.8) is 0 Å². The molecule has 1 aromatic rings. The number of aromatic amines is 1. The quantitative estimate of drug-likeness (QED) is 0.817. The summed E-state index contributed by atoms with van der Waals surface area (Å²) in [6.07, 6.45) is 3.76. The van der Waals surface area contributed by atoms with Crippen molar-refractivity contribution in [2.45, 2.75) is 37.6 Å². The Morgan fingerprint density at radius 2 is 2.17 bits per heavy atom. The van der Waals surface area contributed by atoms with Gasteiger partial charge in [-0.2, -0.15) is 5.10 Å². The second-order valence-corrected chi connectivity index (χ2v) is 6.57. The normalized spacial score (nSPS) is 19.2. The molecule has 1 aliphatic rings. The van der Waals surface area contributed by atoms with Crippen LogP contribution in [-0.4, -0.2) is 49.2 Å². The van der Waals surface area contributed by atoms with Crippen molar-refractivity contribution in [1.29, 1.82) is 0 Å². The van der Waals surface area contributed by atoms with Crippen molar-refractivity contribution in [3.05, 3.63) is 11.9 Å². The molecule has 1 fully saturated rings. The zero-order valence-electron chi connectivity index (χ0n) is 10.8. The fourth-order valence-corrected chi connectivity index (χ4v) is 3.70. The van der Waals surface area contributed by atoms with Crippen LogP contribution in [-0.2, 0) is 10.0 Å². The number of rotatable bonds is 5. The van der Waals surface area contributed by atoms with Crippen LogP contribution in [0.5, 0.6) is 0 Å². The molecule has 0 amide bonds. The number of sulfonamides is 1. The third-order valence-corrected chi connectivity index (χ3v) is 4.86. The maximum absolute atomic E-state index is 12.1. The molecule has 1 aromatic heterocycles. The lowest BCUT2D eigenvalue weighted by Crippen LogP contribution is -2.41. The van der Waals surface area contributed by atoms with Gasteiger partial charge in [0.1, 0.15) is 4.90 Å². The molecule has 6 nitrogen and oxygen atoms in total. The molecule has 2 rings (SSSR count). The Labute approximate surface area is 108 Å². The summed E-state index contributed by atoms with van der Waals surface area (Å²) in [6.45, 7) is 6.49. The minimum Gasteiger partial charge on any atom is -0.302 e. The lowest BCUT2D eigenvalue weighted by atomic mass is 10.3. The molecule has 2 N–H and O–H groups in total. The minimum atomic E-state index is -3.46. The minimum absolute atomic E-state index is 0.0950. The molecule has 0 radical (unpaired) electrons. The SMILES string of the molecule is Cc1[nH]ncc1S(=O)(=O)NC(C)CN1CCCC1. The van der Waals surface area contributed by atoms with Gasteiger partial charge in [0, 0.05) is 12.6 Å². The highest BCUT2D eigenvalue weighted by Gasteiger charge is 2.22. The largest absolute Gasteiger partial charge is 0.302 e. The van der Waals surface area contributed by atoms with Gasteiger partial charge in [-0.05, 0) is 39.8 Å². The molecule has 102 valence electrons. The first-order chi connectivity index (χ1) is 8.49. The maximum Gasteiger partial charge on any atom is 0.244 e. The van der Waals surface area contributed by atoms with Gasteiger partial charge in [-0.15, -0.1) is 0 Å². The van der Waals surface area contributed by atoms with Crippen LogP contribution in [0.3, 0.4) is 0 Å². The zero-order valence-corrected chi connectivity index (χ0v) is 11.6. The van der Waals surface area contributed by atoms with Gasteiger partial charge in [0.15, 0.2) is 0 Å². The van der Waals surface area contributed by atoms with Crippen molar-refractivity contribution in [1.82, 2.24) is 19.8 Å². The van der Waals surface area contributed by atoms with E-state index in [2.05, 4.69) is 19.8 Å². The van der Waals surface area contributed by atoms with E-state index in [4.69, 9.17) is 0 Å². The van der Waals surface area contributed by atoms with Crippen LogP contribution in [0, 0.1) is 6.92 Å². The van der Waals surface area contributed by atoms with Gasteiger partial charge in [-0.1, -0.05) is 0 Å². The Hall–Kier alpha value is -0.920. The highest BCUT2D eigenvalue weighted by Crippen LogP contribution is 2.12. The monoisotopic (exact) mass is 272 g/mol. The van der Waals surface area contributed by atoms with E-state index in [0.717, 1.165) is 19.6 Å². The van der Waals surface area contributed by atoms with Gasteiger partial charge in [-0.3, -0.25) is 5.10 Å². The summed E-state index contributed by atoms with van der Waals surface area (Å²) in [7, 11) is -3.46. The molecular weight excluding hydrogens is 252 g/mol. The average Bonchev–Trinajstić information content (AvgIpc) is 2.88. The first kappa shape index (κ1) is 13.5. The Kier molecular flexibility index (Phi) is 4.04. The summed E-state index contributed by atoms with van der Waals surface area (Å²) in [5, 5.41) is 6.39. The number of nitrogens with zero attached hydrogens (tertiary/aromatic N) is 2. The molecule has 0 saturated carbocycles. The van der Waals surface area contributed by atoms with Crippen molar-refractivity contribution >= 4 is 10.0 Å². The van der Waals surface area contributed by atoms with Gasteiger partial charge >= 0.3 is 0 Å². The second kappa shape index (κ2) is 5.38. The number of hydrogen-bond acceptors (Lipinski definition) is 4. The first-order valence-electron chi connectivity index (χ1n) is 6.24. The summed E-state index contributed by atoms with van der Waals surface area (Å²) >= 11 is 0. The average molecular weight is 272 g/mol. The van der Waals surface area contributed by atoms with Gasteiger partial charge in [0.2, 0.25) is 10.0 Å². The Balaban J connectivity index is 1.97. The van der Waals surface area contributed by atoms with Crippen LogP contribution < -0.4 is 4.72 Å². The summed E-state index contributed by atoms with van der Waals surface area (Å²) in [4.78, 5) is 2.52. The van der Waals surface area contributed by atoms with E-state index in [1.807, 2.05) is 6.92 Å². The topological polar surface area (TPSA) is 78.1 Å². The molecule has 7 heteroatoms. The molecule has 1 aliphatic heterocycles. The van der Waals surface area contributed by atoms with Gasteiger partial charge in [-0.25, -0.2) is 13.1 Å². The lowest BCUT2D eigenvalue weighted by Gasteiger charge is -2.20. The Bertz CT molecular complexity index is 491. The smallest absolute Gasteiger partial charge is 0.244 e. The molecule has 0 spiro atoms. The van der Waals surface area contributed by atoms with E-state index in [9.17, 15) is 8.42 Å². The Morgan fingerprint density at radius 3 is 2.72 bits per heavy atom. The fraction of sp³-hybridized carbons (Fsp3) is 0.727. The predicted molar refractivity (Wildman–Crippen MR) is 68.8 cm³/mol. The number of aromatic nitrogens is 2. The van der Waals surface area contributed by atoms with Gasteiger partial charge < -0.3 is 4.90 Å². The van der Waals surface area contributed by atoms with Crippen LogP contribution in [0.1, 0.15) is 25.5 Å². The van der Waals surface area contributed by atoms with E-state index in [1.54, 1.807) is 6.92 Å². The summed E-state index contributed by atoms with van der Waals surface area (Å²) < 4.78 is 26.9. The number of aryl methyl sites for hydroxylation is 1. The molecule has 2 heterocycles. The van der Waals surface area contributed by atoms with Crippen molar-refractivity contribution in [2.24, 2.45) is 0 Å². The van der Waals surface area contributed by atoms with E-state index in [-0.39, 0.29) is 10.9 Å². The molecule has 1 saturated heterocycles. The number of nitrogens with one attached hydrogen (secondary N) is 2. The predicted octanol–water partition coefficient (Wildman–Crippen LogP) is 0.481. The van der Waals surface area contributed by atoms with Crippen LogP contribution in [0.25, 0.3) is 0 Å². The van der Waals surface area contributed by atoms with Crippen molar-refractivity contribution in [2.75, 3.05) is 19.6 Å². The van der Waals surface area contributed by atoms with E-state index in [0.29, 0.717) is 5.69 Å². The molecular formula is C11H20N4O2S. The number of H-pyrrole nitrogens is 1. The van der Waals surface area contributed by atoms with Gasteiger partial charge in [0.05, 0.1) is 11.9 Å². The van der Waals surface area contributed by atoms with Crippen LogP contribution in [0.2, 0.25) is 0 Å². The number of likely N-dealkylation sites (tertiary alicyclic amines) is 1. The highest BCUT2D eigenvalue weighted by atomic mass is 32.2. The van der Waals surface area contributed by atoms with E-state index < -0.39 is 10.0 Å². The zero-order chi connectivity index (χ0) is 13.2. The van der Waals surface area contributed by atoms with Crippen LogP contribution in [0.15, 0.2) is 11.1 Å². The van der Waals surface area contributed by atoms with Crippen molar-refractivity contribution < 1.29 is 8.42 Å². The van der Waals surface area contributed by atoms with Gasteiger partial charge in [0.25, 0.3) is 0 Å². The maximum atomic E-state index is 12.1. The molecule has 0 aliphatic carbocycles. The van der Waals surface area contributed by atoms with E-state index >= 15 is 0 Å². The highest BCUT2D eigenvalue weighted by molar-refractivity contribution is 7.89.